The van der Waals surface area contributed by atoms with E-state index in [2.05, 4.69) is 0 Å². The van der Waals surface area contributed by atoms with Crippen LogP contribution in [0.2, 0.25) is 0 Å². The zero-order chi connectivity index (χ0) is 16.9. The van der Waals surface area contributed by atoms with E-state index >= 15 is 0 Å². The molecule has 23 heavy (non-hydrogen) atoms. The van der Waals surface area contributed by atoms with E-state index in [1.165, 1.54) is 38.5 Å². The van der Waals surface area contributed by atoms with E-state index in [-0.39, 0.29) is 31.3 Å². The van der Waals surface area contributed by atoms with Gasteiger partial charge in [-0.3, -0.25) is 4.79 Å². The molecular weight excluding hydrogens is 305 g/mol. The van der Waals surface area contributed by atoms with Crippen molar-refractivity contribution in [2.45, 2.75) is 24.7 Å². The van der Waals surface area contributed by atoms with Gasteiger partial charge in [0.05, 0.1) is 19.6 Å². The second kappa shape index (κ2) is 7.72. The van der Waals surface area contributed by atoms with Crippen LogP contribution in [0.3, 0.4) is 0 Å². The molecule has 0 radical (unpaired) electrons. The second-order valence-electron chi connectivity index (χ2n) is 5.38. The molecule has 1 heterocycles. The largest absolute Gasteiger partial charge is 0.493 e. The molecule has 1 unspecified atom stereocenters. The summed E-state index contributed by atoms with van der Waals surface area (Å²) in [6, 6.07) is 5.62. The standard InChI is InChI=1S/C16H22FNO5/c1-21-16(22-2)8-9-18(11-14(16)19)15(20)7-10-23-13-5-3-12(17)4-6-13/h3-6,14,19H,7-11H2,1-2H3. The molecule has 6 nitrogen and oxygen atoms in total. The molecule has 0 aliphatic carbocycles. The lowest BCUT2D eigenvalue weighted by Crippen LogP contribution is -2.58. The molecule has 2 rings (SSSR count). The molecule has 1 atom stereocenters. The highest BCUT2D eigenvalue weighted by Crippen LogP contribution is 2.27. The van der Waals surface area contributed by atoms with Crippen LogP contribution in [0.5, 0.6) is 5.75 Å². The van der Waals surface area contributed by atoms with Gasteiger partial charge in [0.25, 0.3) is 0 Å². The molecule has 0 aromatic heterocycles. The Kier molecular flexibility index (Phi) is 5.92. The number of ether oxygens (including phenoxy) is 3. The van der Waals surface area contributed by atoms with Crippen LogP contribution < -0.4 is 4.74 Å². The summed E-state index contributed by atoms with van der Waals surface area (Å²) in [5, 5.41) is 10.2. The fourth-order valence-electron chi connectivity index (χ4n) is 2.63. The summed E-state index contributed by atoms with van der Waals surface area (Å²) in [6.45, 7) is 0.780. The second-order valence-corrected chi connectivity index (χ2v) is 5.38. The van der Waals surface area contributed by atoms with E-state index in [1.54, 1.807) is 4.90 Å². The van der Waals surface area contributed by atoms with Crippen LogP contribution in [0, 0.1) is 5.82 Å². The first-order valence-corrected chi connectivity index (χ1v) is 7.45. The van der Waals surface area contributed by atoms with Crippen molar-refractivity contribution in [3.63, 3.8) is 0 Å². The van der Waals surface area contributed by atoms with Gasteiger partial charge in [-0.1, -0.05) is 0 Å². The van der Waals surface area contributed by atoms with Crippen molar-refractivity contribution < 1.29 is 28.5 Å². The Balaban J connectivity index is 1.79. The minimum Gasteiger partial charge on any atom is -0.493 e. The van der Waals surface area contributed by atoms with Gasteiger partial charge in [0.2, 0.25) is 5.91 Å². The fourth-order valence-corrected chi connectivity index (χ4v) is 2.63. The Morgan fingerprint density at radius 3 is 2.57 bits per heavy atom. The number of nitrogens with zero attached hydrogens (tertiary/aromatic N) is 1. The van der Waals surface area contributed by atoms with Crippen LogP contribution >= 0.6 is 0 Å². The number of rotatable bonds is 6. The maximum Gasteiger partial charge on any atom is 0.226 e. The zero-order valence-electron chi connectivity index (χ0n) is 13.3. The van der Waals surface area contributed by atoms with Crippen molar-refractivity contribution in [3.8, 4) is 5.75 Å². The van der Waals surface area contributed by atoms with Gasteiger partial charge in [-0.2, -0.15) is 0 Å². The van der Waals surface area contributed by atoms with Gasteiger partial charge in [0.15, 0.2) is 5.79 Å². The van der Waals surface area contributed by atoms with Crippen LogP contribution in [0.1, 0.15) is 12.8 Å². The van der Waals surface area contributed by atoms with Crippen molar-refractivity contribution >= 4 is 5.91 Å². The summed E-state index contributed by atoms with van der Waals surface area (Å²) in [4.78, 5) is 13.7. The third kappa shape index (κ3) is 4.19. The predicted molar refractivity (Wildman–Crippen MR) is 80.5 cm³/mol. The molecule has 128 valence electrons. The van der Waals surface area contributed by atoms with E-state index in [4.69, 9.17) is 14.2 Å². The smallest absolute Gasteiger partial charge is 0.226 e. The number of piperidine rings is 1. The number of aliphatic hydroxyl groups excluding tert-OH is 1. The van der Waals surface area contributed by atoms with E-state index in [1.807, 2.05) is 0 Å². The number of carbonyl (C=O) groups is 1. The number of amides is 1. The summed E-state index contributed by atoms with van der Waals surface area (Å²) in [6.07, 6.45) is -0.337. The first kappa shape index (κ1) is 17.7. The number of benzene rings is 1. The summed E-state index contributed by atoms with van der Waals surface area (Å²) >= 11 is 0. The van der Waals surface area contributed by atoms with Crippen LogP contribution in [0.4, 0.5) is 4.39 Å². The van der Waals surface area contributed by atoms with E-state index < -0.39 is 11.9 Å². The summed E-state index contributed by atoms with van der Waals surface area (Å²) in [5.41, 5.74) is 0. The van der Waals surface area contributed by atoms with Crippen LogP contribution in [-0.4, -0.2) is 61.7 Å². The van der Waals surface area contributed by atoms with Crippen LogP contribution in [0.15, 0.2) is 24.3 Å². The molecule has 1 aliphatic rings. The van der Waals surface area contributed by atoms with Crippen molar-refractivity contribution in [2.75, 3.05) is 33.9 Å². The number of hydrogen-bond acceptors (Lipinski definition) is 5. The third-order valence-electron chi connectivity index (χ3n) is 4.07. The highest BCUT2D eigenvalue weighted by molar-refractivity contribution is 5.76. The van der Waals surface area contributed by atoms with Crippen LogP contribution in [0.25, 0.3) is 0 Å². The zero-order valence-corrected chi connectivity index (χ0v) is 13.3. The first-order valence-electron chi connectivity index (χ1n) is 7.45. The number of likely N-dealkylation sites (tertiary alicyclic amines) is 1. The Hall–Kier alpha value is -1.70. The molecule has 0 bridgehead atoms. The number of halogens is 1. The SMILES string of the molecule is COC1(OC)CCN(C(=O)CCOc2ccc(F)cc2)CC1O. The van der Waals surface area contributed by atoms with E-state index in [0.29, 0.717) is 18.7 Å². The molecule has 1 aromatic rings. The molecular formula is C16H22FNO5. The summed E-state index contributed by atoms with van der Waals surface area (Å²) in [5.74, 6) is -1.00. The molecule has 1 fully saturated rings. The maximum atomic E-state index is 12.8. The van der Waals surface area contributed by atoms with Gasteiger partial charge >= 0.3 is 0 Å². The van der Waals surface area contributed by atoms with E-state index in [0.717, 1.165) is 0 Å². The highest BCUT2D eigenvalue weighted by atomic mass is 19.1. The topological polar surface area (TPSA) is 68.2 Å². The monoisotopic (exact) mass is 327 g/mol. The van der Waals surface area contributed by atoms with Gasteiger partial charge < -0.3 is 24.2 Å². The number of carbonyl (C=O) groups excluding carboxylic acids is 1. The van der Waals surface area contributed by atoms with Gasteiger partial charge in [-0.05, 0) is 24.3 Å². The maximum absolute atomic E-state index is 12.8. The highest BCUT2D eigenvalue weighted by Gasteiger charge is 2.44. The minimum atomic E-state index is -1.05. The Morgan fingerprint density at radius 2 is 2.00 bits per heavy atom. The summed E-state index contributed by atoms with van der Waals surface area (Å²) < 4.78 is 28.7. The lowest BCUT2D eigenvalue weighted by atomic mass is 10.00. The Labute approximate surface area is 134 Å². The number of hydrogen-bond donors (Lipinski definition) is 1. The average Bonchev–Trinajstić information content (AvgIpc) is 2.57. The predicted octanol–water partition coefficient (Wildman–Crippen LogP) is 1.18. The molecule has 1 aliphatic heterocycles. The minimum absolute atomic E-state index is 0.119. The van der Waals surface area contributed by atoms with Crippen molar-refractivity contribution in [2.24, 2.45) is 0 Å². The average molecular weight is 327 g/mol. The van der Waals surface area contributed by atoms with Gasteiger partial charge in [-0.25, -0.2) is 4.39 Å². The first-order chi connectivity index (χ1) is 11.0. The van der Waals surface area contributed by atoms with Crippen molar-refractivity contribution in [1.82, 2.24) is 4.90 Å². The third-order valence-corrected chi connectivity index (χ3v) is 4.07. The van der Waals surface area contributed by atoms with Gasteiger partial charge in [-0.15, -0.1) is 0 Å². The molecule has 0 saturated carbocycles. The summed E-state index contributed by atoms with van der Waals surface area (Å²) in [7, 11) is 2.95. The Bertz CT molecular complexity index is 518. The van der Waals surface area contributed by atoms with Gasteiger partial charge in [0.1, 0.15) is 17.7 Å². The number of aliphatic hydroxyl groups is 1. The number of β-amino-alcohol motifs (C(OH)–C–C–N with tert-alkyl or cyclic N) is 1. The molecule has 1 saturated heterocycles. The quantitative estimate of drug-likeness (QED) is 0.795. The lowest BCUT2D eigenvalue weighted by Gasteiger charge is -2.43. The van der Waals surface area contributed by atoms with Crippen molar-refractivity contribution in [1.29, 1.82) is 0 Å². The molecule has 1 N–H and O–H groups in total. The lowest BCUT2D eigenvalue weighted by molar-refractivity contribution is -0.277. The molecule has 7 heteroatoms. The normalized spacial score (nSPS) is 20.3. The molecule has 1 aromatic carbocycles. The molecule has 0 spiro atoms. The van der Waals surface area contributed by atoms with E-state index in [9.17, 15) is 14.3 Å². The van der Waals surface area contributed by atoms with Crippen molar-refractivity contribution in [3.05, 3.63) is 30.1 Å². The fraction of sp³-hybridized carbons (Fsp3) is 0.562. The molecule has 1 amide bonds. The number of methoxy groups -OCH3 is 2. The Morgan fingerprint density at radius 1 is 1.35 bits per heavy atom. The van der Waals surface area contributed by atoms with Gasteiger partial charge in [0, 0.05) is 27.2 Å². The van der Waals surface area contributed by atoms with Crippen LogP contribution in [-0.2, 0) is 14.3 Å².